The number of rotatable bonds is 6. The van der Waals surface area contributed by atoms with Gasteiger partial charge in [0.15, 0.2) is 0 Å². The lowest BCUT2D eigenvalue weighted by Crippen LogP contribution is -2.02. The molecule has 5 aromatic rings. The van der Waals surface area contributed by atoms with Gasteiger partial charge in [-0.05, 0) is 60.5 Å². The normalized spacial score (nSPS) is 10.2. The lowest BCUT2D eigenvalue weighted by Gasteiger charge is -2.08. The highest BCUT2D eigenvalue weighted by molar-refractivity contribution is 5.71. The highest BCUT2D eigenvalue weighted by Gasteiger charge is 2.08. The minimum Gasteiger partial charge on any atom is -0.497 e. The Morgan fingerprint density at radius 2 is 1.62 bits per heavy atom. The summed E-state index contributed by atoms with van der Waals surface area (Å²) in [5.74, 6) is 8.98. The fourth-order valence-electron chi connectivity index (χ4n) is 3.42. The maximum Gasteiger partial charge on any atom is 0.229 e. The third kappa shape index (κ3) is 5.99. The minimum atomic E-state index is 0.351. The smallest absolute Gasteiger partial charge is 0.229 e. The first-order valence-electron chi connectivity index (χ1n) is 11.4. The van der Waals surface area contributed by atoms with E-state index in [9.17, 15) is 0 Å². The van der Waals surface area contributed by atoms with Crippen molar-refractivity contribution in [1.29, 1.82) is 0 Å². The van der Waals surface area contributed by atoms with Crippen LogP contribution in [-0.2, 0) is 0 Å². The van der Waals surface area contributed by atoms with Crippen molar-refractivity contribution in [1.82, 2.24) is 19.9 Å². The van der Waals surface area contributed by atoms with E-state index in [0.717, 1.165) is 22.7 Å². The van der Waals surface area contributed by atoms with Crippen molar-refractivity contribution >= 4 is 17.5 Å². The SMILES string of the molecule is COc1cccc(Oc2ccnc(C#Cc3ccc(Nc4ncc(-c5ccccn5)c(N)n4)cc3)c2)c1. The zero-order valence-corrected chi connectivity index (χ0v) is 19.9. The quantitative estimate of drug-likeness (QED) is 0.305. The molecule has 180 valence electrons. The molecule has 3 N–H and O–H groups in total. The van der Waals surface area contributed by atoms with E-state index in [-0.39, 0.29) is 0 Å². The van der Waals surface area contributed by atoms with Gasteiger partial charge >= 0.3 is 0 Å². The number of benzene rings is 2. The Morgan fingerprint density at radius 1 is 0.784 bits per heavy atom. The van der Waals surface area contributed by atoms with Crippen LogP contribution in [0.5, 0.6) is 17.2 Å². The first-order chi connectivity index (χ1) is 18.2. The zero-order valence-electron chi connectivity index (χ0n) is 19.9. The summed E-state index contributed by atoms with van der Waals surface area (Å²) >= 11 is 0. The largest absolute Gasteiger partial charge is 0.497 e. The van der Waals surface area contributed by atoms with Crippen LogP contribution in [0.4, 0.5) is 17.5 Å². The summed E-state index contributed by atoms with van der Waals surface area (Å²) < 4.78 is 11.1. The monoisotopic (exact) mass is 486 g/mol. The molecule has 0 fully saturated rings. The molecule has 0 bridgehead atoms. The average molecular weight is 487 g/mol. The molecule has 8 nitrogen and oxygen atoms in total. The van der Waals surface area contributed by atoms with E-state index < -0.39 is 0 Å². The number of nitrogen functional groups attached to an aromatic ring is 1. The predicted molar refractivity (Wildman–Crippen MR) is 143 cm³/mol. The Morgan fingerprint density at radius 3 is 2.41 bits per heavy atom. The number of nitrogens with two attached hydrogens (primary N) is 1. The summed E-state index contributed by atoms with van der Waals surface area (Å²) in [6.07, 6.45) is 5.03. The molecule has 0 atom stereocenters. The Labute approximate surface area is 214 Å². The summed E-state index contributed by atoms with van der Waals surface area (Å²) in [6.45, 7) is 0. The number of methoxy groups -OCH3 is 1. The van der Waals surface area contributed by atoms with Crippen molar-refractivity contribution < 1.29 is 9.47 Å². The molecular weight excluding hydrogens is 464 g/mol. The molecule has 37 heavy (non-hydrogen) atoms. The molecule has 0 unspecified atom stereocenters. The molecule has 2 aromatic carbocycles. The minimum absolute atomic E-state index is 0.351. The van der Waals surface area contributed by atoms with Crippen molar-refractivity contribution in [2.45, 2.75) is 0 Å². The highest BCUT2D eigenvalue weighted by Crippen LogP contribution is 2.25. The van der Waals surface area contributed by atoms with Crippen LogP contribution in [0.2, 0.25) is 0 Å². The van der Waals surface area contributed by atoms with E-state index in [2.05, 4.69) is 37.1 Å². The lowest BCUT2D eigenvalue weighted by molar-refractivity contribution is 0.409. The van der Waals surface area contributed by atoms with Gasteiger partial charge in [-0.2, -0.15) is 4.98 Å². The fraction of sp³-hybridized carbons (Fsp3) is 0.0345. The second-order valence-electron chi connectivity index (χ2n) is 7.82. The number of hydrogen-bond donors (Lipinski definition) is 2. The van der Waals surface area contributed by atoms with Gasteiger partial charge < -0.3 is 20.5 Å². The van der Waals surface area contributed by atoms with E-state index in [1.54, 1.807) is 37.8 Å². The average Bonchev–Trinajstić information content (AvgIpc) is 2.93. The number of anilines is 3. The van der Waals surface area contributed by atoms with Gasteiger partial charge in [-0.1, -0.05) is 18.1 Å². The first-order valence-corrected chi connectivity index (χ1v) is 11.4. The maximum absolute atomic E-state index is 6.12. The molecule has 0 aliphatic rings. The second kappa shape index (κ2) is 10.9. The van der Waals surface area contributed by atoms with Gasteiger partial charge in [-0.15, -0.1) is 0 Å². The third-order valence-electron chi connectivity index (χ3n) is 5.24. The zero-order chi connectivity index (χ0) is 25.5. The maximum atomic E-state index is 6.12. The van der Waals surface area contributed by atoms with Crippen LogP contribution < -0.4 is 20.5 Å². The molecule has 8 heteroatoms. The summed E-state index contributed by atoms with van der Waals surface area (Å²) in [5, 5.41) is 3.15. The van der Waals surface area contributed by atoms with E-state index in [0.29, 0.717) is 34.5 Å². The van der Waals surface area contributed by atoms with E-state index in [1.807, 2.05) is 66.7 Å². The number of ether oxygens (including phenoxy) is 2. The summed E-state index contributed by atoms with van der Waals surface area (Å²) in [7, 11) is 1.62. The van der Waals surface area contributed by atoms with Gasteiger partial charge in [0.1, 0.15) is 28.8 Å². The fourth-order valence-corrected chi connectivity index (χ4v) is 3.42. The molecule has 0 aliphatic carbocycles. The number of pyridine rings is 2. The van der Waals surface area contributed by atoms with E-state index in [4.69, 9.17) is 15.2 Å². The third-order valence-corrected chi connectivity index (χ3v) is 5.24. The summed E-state index contributed by atoms with van der Waals surface area (Å²) in [5.41, 5.74) is 9.77. The van der Waals surface area contributed by atoms with Gasteiger partial charge in [-0.25, -0.2) is 9.97 Å². The molecular formula is C29H22N6O2. The first kappa shape index (κ1) is 23.3. The standard InChI is InChI=1S/C29H22N6O2/c1-36-23-5-4-6-24(18-23)37-25-14-16-31-22(17-25)13-10-20-8-11-21(12-9-20)34-29-33-19-26(28(30)35-29)27-7-2-3-15-32-27/h2-9,11-12,14-19H,1H3,(H3,30,33,34,35). The van der Waals surface area contributed by atoms with E-state index >= 15 is 0 Å². The molecule has 0 aliphatic heterocycles. The summed E-state index contributed by atoms with van der Waals surface area (Å²) in [6, 6.07) is 24.2. The molecule has 3 aromatic heterocycles. The van der Waals surface area contributed by atoms with Gasteiger partial charge in [0.05, 0.1) is 18.4 Å². The molecule has 3 heterocycles. The van der Waals surface area contributed by atoms with Crippen LogP contribution in [0.25, 0.3) is 11.3 Å². The molecule has 0 saturated carbocycles. The van der Waals surface area contributed by atoms with Crippen LogP contribution in [0.1, 0.15) is 11.3 Å². The Balaban J connectivity index is 1.24. The number of nitrogens with one attached hydrogen (secondary N) is 1. The molecule has 0 amide bonds. The van der Waals surface area contributed by atoms with Crippen LogP contribution in [0, 0.1) is 11.8 Å². The van der Waals surface area contributed by atoms with Crippen LogP contribution in [-0.4, -0.2) is 27.0 Å². The number of nitrogens with zero attached hydrogens (tertiary/aromatic N) is 4. The molecule has 5 rings (SSSR count). The van der Waals surface area contributed by atoms with Gasteiger partial charge in [0.2, 0.25) is 5.95 Å². The lowest BCUT2D eigenvalue weighted by atomic mass is 10.2. The summed E-state index contributed by atoms with van der Waals surface area (Å²) in [4.78, 5) is 17.3. The van der Waals surface area contributed by atoms with Crippen LogP contribution >= 0.6 is 0 Å². The highest BCUT2D eigenvalue weighted by atomic mass is 16.5. The van der Waals surface area contributed by atoms with Crippen LogP contribution in [0.3, 0.4) is 0 Å². The van der Waals surface area contributed by atoms with Crippen molar-refractivity contribution in [3.05, 3.63) is 109 Å². The molecule has 0 spiro atoms. The van der Waals surface area contributed by atoms with Crippen molar-refractivity contribution in [2.75, 3.05) is 18.2 Å². The Hall–Kier alpha value is -5.42. The van der Waals surface area contributed by atoms with E-state index in [1.165, 1.54) is 0 Å². The Bertz CT molecular complexity index is 1580. The van der Waals surface area contributed by atoms with Crippen molar-refractivity contribution in [3.63, 3.8) is 0 Å². The van der Waals surface area contributed by atoms with Crippen molar-refractivity contribution in [2.24, 2.45) is 0 Å². The molecule has 0 saturated heterocycles. The topological polar surface area (TPSA) is 108 Å². The van der Waals surface area contributed by atoms with Crippen molar-refractivity contribution in [3.8, 4) is 40.3 Å². The Kier molecular flexibility index (Phi) is 6.86. The van der Waals surface area contributed by atoms with Gasteiger partial charge in [-0.3, -0.25) is 4.98 Å². The van der Waals surface area contributed by atoms with Gasteiger partial charge in [0.25, 0.3) is 0 Å². The number of hydrogen-bond acceptors (Lipinski definition) is 8. The second-order valence-corrected chi connectivity index (χ2v) is 7.82. The van der Waals surface area contributed by atoms with Gasteiger partial charge in [0, 0.05) is 42.0 Å². The van der Waals surface area contributed by atoms with Crippen LogP contribution in [0.15, 0.2) is 97.5 Å². The number of aromatic nitrogens is 4. The molecule has 0 radical (unpaired) electrons. The predicted octanol–water partition coefficient (Wildman–Crippen LogP) is 5.46.